The zero-order valence-corrected chi connectivity index (χ0v) is 16.1. The van der Waals surface area contributed by atoms with Crippen molar-refractivity contribution < 1.29 is 4.79 Å². The number of halogens is 2. The van der Waals surface area contributed by atoms with Crippen molar-refractivity contribution in [2.75, 3.05) is 5.32 Å². The highest BCUT2D eigenvalue weighted by atomic mass is 35.5. The number of hydrogen-bond acceptors (Lipinski definition) is 4. The summed E-state index contributed by atoms with van der Waals surface area (Å²) in [6.07, 6.45) is 1.44. The van der Waals surface area contributed by atoms with E-state index >= 15 is 0 Å². The summed E-state index contributed by atoms with van der Waals surface area (Å²) in [6.45, 7) is 3.38. The zero-order chi connectivity index (χ0) is 19.6. The van der Waals surface area contributed by atoms with Gasteiger partial charge in [0.15, 0.2) is 0 Å². The predicted octanol–water partition coefficient (Wildman–Crippen LogP) is 4.12. The standard InChI is InChI=1S/C19H16Cl2N4O2/c1-11-15(21)4-3-5-16(11)23-18(26)12(2)25-19(27)24-17(10-22-25)13-6-8-14(20)9-7-13/h3-10,12H,1-2H3,(H,23,26)/t12-/m0/s1. The van der Waals surface area contributed by atoms with E-state index in [9.17, 15) is 9.59 Å². The monoisotopic (exact) mass is 402 g/mol. The first-order valence-electron chi connectivity index (χ1n) is 8.14. The van der Waals surface area contributed by atoms with Gasteiger partial charge in [-0.15, -0.1) is 0 Å². The van der Waals surface area contributed by atoms with Gasteiger partial charge in [-0.3, -0.25) is 4.79 Å². The Morgan fingerprint density at radius 2 is 1.85 bits per heavy atom. The SMILES string of the molecule is Cc1c(Cl)cccc1NC(=O)[C@H](C)n1ncc(-c2ccc(Cl)cc2)nc1=O. The number of benzene rings is 2. The van der Waals surface area contributed by atoms with E-state index < -0.39 is 17.6 Å². The first kappa shape index (κ1) is 19.1. The lowest BCUT2D eigenvalue weighted by atomic mass is 10.2. The number of nitrogens with zero attached hydrogens (tertiary/aromatic N) is 3. The molecule has 0 aliphatic rings. The lowest BCUT2D eigenvalue weighted by Crippen LogP contribution is -2.35. The number of nitrogens with one attached hydrogen (secondary N) is 1. The third-order valence-corrected chi connectivity index (χ3v) is 4.79. The van der Waals surface area contributed by atoms with Gasteiger partial charge in [0.1, 0.15) is 6.04 Å². The maximum Gasteiger partial charge on any atom is 0.365 e. The number of anilines is 1. The van der Waals surface area contributed by atoms with Crippen LogP contribution in [0.15, 0.2) is 53.5 Å². The molecule has 6 nitrogen and oxygen atoms in total. The molecule has 1 N–H and O–H groups in total. The Labute approximate surface area is 165 Å². The van der Waals surface area contributed by atoms with Crippen LogP contribution in [0.5, 0.6) is 0 Å². The van der Waals surface area contributed by atoms with Crippen LogP contribution in [-0.4, -0.2) is 20.7 Å². The molecule has 138 valence electrons. The highest BCUT2D eigenvalue weighted by Crippen LogP contribution is 2.23. The number of hydrogen-bond donors (Lipinski definition) is 1. The third kappa shape index (κ3) is 4.18. The van der Waals surface area contributed by atoms with Gasteiger partial charge in [-0.2, -0.15) is 10.1 Å². The van der Waals surface area contributed by atoms with Gasteiger partial charge in [0.25, 0.3) is 0 Å². The van der Waals surface area contributed by atoms with E-state index in [1.165, 1.54) is 6.20 Å². The summed E-state index contributed by atoms with van der Waals surface area (Å²) in [7, 11) is 0. The molecule has 3 rings (SSSR count). The van der Waals surface area contributed by atoms with Gasteiger partial charge >= 0.3 is 5.69 Å². The summed E-state index contributed by atoms with van der Waals surface area (Å²) in [5.41, 5.74) is 1.83. The lowest BCUT2D eigenvalue weighted by Gasteiger charge is -2.15. The molecule has 2 aromatic carbocycles. The fraction of sp³-hybridized carbons (Fsp3) is 0.158. The summed E-state index contributed by atoms with van der Waals surface area (Å²) in [4.78, 5) is 28.9. The van der Waals surface area contributed by atoms with E-state index in [0.717, 1.165) is 10.2 Å². The van der Waals surface area contributed by atoms with Gasteiger partial charge in [-0.25, -0.2) is 9.48 Å². The number of carbonyl (C=O) groups is 1. The van der Waals surface area contributed by atoms with Crippen LogP contribution < -0.4 is 11.0 Å². The minimum atomic E-state index is -0.845. The summed E-state index contributed by atoms with van der Waals surface area (Å²) >= 11 is 11.9. The third-order valence-electron chi connectivity index (χ3n) is 4.13. The fourth-order valence-electron chi connectivity index (χ4n) is 2.47. The van der Waals surface area contributed by atoms with Gasteiger partial charge in [-0.05, 0) is 43.7 Å². The second-order valence-corrected chi connectivity index (χ2v) is 6.80. The first-order chi connectivity index (χ1) is 12.9. The lowest BCUT2D eigenvalue weighted by molar-refractivity contribution is -0.119. The van der Waals surface area contributed by atoms with Crippen LogP contribution in [0.4, 0.5) is 5.69 Å². The molecule has 8 heteroatoms. The molecule has 1 atom stereocenters. The molecule has 0 unspecified atom stereocenters. The molecule has 1 heterocycles. The molecule has 27 heavy (non-hydrogen) atoms. The minimum Gasteiger partial charge on any atom is -0.324 e. The molecule has 0 fully saturated rings. The Morgan fingerprint density at radius 1 is 1.15 bits per heavy atom. The fourth-order valence-corrected chi connectivity index (χ4v) is 2.77. The van der Waals surface area contributed by atoms with Crippen LogP contribution in [0, 0.1) is 6.92 Å². The van der Waals surface area contributed by atoms with Crippen molar-refractivity contribution in [1.82, 2.24) is 14.8 Å². The van der Waals surface area contributed by atoms with E-state index in [-0.39, 0.29) is 0 Å². The summed E-state index contributed by atoms with van der Waals surface area (Å²) < 4.78 is 1.04. The maximum atomic E-state index is 12.5. The summed E-state index contributed by atoms with van der Waals surface area (Å²) in [6, 6.07) is 11.3. The largest absolute Gasteiger partial charge is 0.365 e. The first-order valence-corrected chi connectivity index (χ1v) is 8.90. The van der Waals surface area contributed by atoms with E-state index in [1.54, 1.807) is 56.3 Å². The quantitative estimate of drug-likeness (QED) is 0.711. The minimum absolute atomic E-state index is 0.393. The van der Waals surface area contributed by atoms with E-state index in [2.05, 4.69) is 15.4 Å². The number of rotatable bonds is 4. The van der Waals surface area contributed by atoms with Crippen molar-refractivity contribution in [2.45, 2.75) is 19.9 Å². The highest BCUT2D eigenvalue weighted by Gasteiger charge is 2.19. The molecular formula is C19H16Cl2N4O2. The Hall–Kier alpha value is -2.70. The summed E-state index contributed by atoms with van der Waals surface area (Å²) in [5, 5.41) is 8.00. The average molecular weight is 403 g/mol. The molecule has 0 radical (unpaired) electrons. The molecule has 1 amide bonds. The normalized spacial score (nSPS) is 11.9. The number of amides is 1. The van der Waals surface area contributed by atoms with E-state index in [0.29, 0.717) is 27.0 Å². The van der Waals surface area contributed by atoms with Crippen LogP contribution >= 0.6 is 23.2 Å². The van der Waals surface area contributed by atoms with E-state index in [4.69, 9.17) is 23.2 Å². The van der Waals surface area contributed by atoms with Crippen molar-refractivity contribution in [3.05, 3.63) is 74.8 Å². The zero-order valence-electron chi connectivity index (χ0n) is 14.6. The molecule has 0 aliphatic carbocycles. The topological polar surface area (TPSA) is 76.9 Å². The predicted molar refractivity (Wildman–Crippen MR) is 106 cm³/mol. The average Bonchev–Trinajstić information content (AvgIpc) is 2.65. The molecule has 1 aromatic heterocycles. The Kier molecular flexibility index (Phi) is 5.58. The van der Waals surface area contributed by atoms with Crippen LogP contribution in [0.3, 0.4) is 0 Å². The van der Waals surface area contributed by atoms with E-state index in [1.807, 2.05) is 0 Å². The Bertz CT molecular complexity index is 1050. The van der Waals surface area contributed by atoms with Crippen molar-refractivity contribution in [3.8, 4) is 11.3 Å². The molecule has 0 saturated carbocycles. The Balaban J connectivity index is 1.83. The van der Waals surface area contributed by atoms with Gasteiger partial charge < -0.3 is 5.32 Å². The van der Waals surface area contributed by atoms with Gasteiger partial charge in [0, 0.05) is 21.3 Å². The molecule has 0 saturated heterocycles. The van der Waals surface area contributed by atoms with Crippen LogP contribution in [0.2, 0.25) is 10.0 Å². The highest BCUT2D eigenvalue weighted by molar-refractivity contribution is 6.31. The molecule has 0 aliphatic heterocycles. The number of carbonyl (C=O) groups excluding carboxylic acids is 1. The second kappa shape index (κ2) is 7.90. The molecule has 3 aromatic rings. The second-order valence-electron chi connectivity index (χ2n) is 5.95. The number of aromatic nitrogens is 3. The van der Waals surface area contributed by atoms with Crippen LogP contribution in [0.25, 0.3) is 11.3 Å². The van der Waals surface area contributed by atoms with Crippen molar-refractivity contribution in [3.63, 3.8) is 0 Å². The van der Waals surface area contributed by atoms with Crippen LogP contribution in [0.1, 0.15) is 18.5 Å². The molecular weight excluding hydrogens is 387 g/mol. The van der Waals surface area contributed by atoms with Crippen molar-refractivity contribution >= 4 is 34.8 Å². The van der Waals surface area contributed by atoms with Gasteiger partial charge in [-0.1, -0.05) is 41.4 Å². The van der Waals surface area contributed by atoms with Crippen molar-refractivity contribution in [2.24, 2.45) is 0 Å². The summed E-state index contributed by atoms with van der Waals surface area (Å²) in [5.74, 6) is -0.393. The smallest absolute Gasteiger partial charge is 0.324 e. The molecule has 0 spiro atoms. The maximum absolute atomic E-state index is 12.5. The molecule has 0 bridgehead atoms. The van der Waals surface area contributed by atoms with Crippen molar-refractivity contribution in [1.29, 1.82) is 0 Å². The van der Waals surface area contributed by atoms with Crippen LogP contribution in [-0.2, 0) is 4.79 Å². The van der Waals surface area contributed by atoms with Gasteiger partial charge in [0.2, 0.25) is 5.91 Å². The van der Waals surface area contributed by atoms with Gasteiger partial charge in [0.05, 0.1) is 11.9 Å². The Morgan fingerprint density at radius 3 is 2.52 bits per heavy atom.